The maximum absolute atomic E-state index is 10.9. The number of amides is 1. The van der Waals surface area contributed by atoms with E-state index in [0.29, 0.717) is 12.5 Å². The first-order valence-corrected chi connectivity index (χ1v) is 7.28. The predicted molar refractivity (Wildman–Crippen MR) is 78.8 cm³/mol. The van der Waals surface area contributed by atoms with Crippen molar-refractivity contribution in [3.05, 3.63) is 29.6 Å². The standard InChI is InChI=1S/C15H24N4O/c1-12(20)18-10-13-3-6-19(7-4-13)11-14-2-5-17-15(8-14)9-16/h2,5,8,13H,3-4,6-7,9-11,16H2,1H3,(H,18,20). The highest BCUT2D eigenvalue weighted by atomic mass is 16.1. The molecule has 1 aromatic rings. The van der Waals surface area contributed by atoms with Crippen LogP contribution in [-0.4, -0.2) is 35.4 Å². The topological polar surface area (TPSA) is 71.2 Å². The first kappa shape index (κ1) is 14.9. The Morgan fingerprint density at radius 2 is 2.25 bits per heavy atom. The number of pyridine rings is 1. The van der Waals surface area contributed by atoms with Gasteiger partial charge in [0.15, 0.2) is 0 Å². The third kappa shape index (κ3) is 4.58. The van der Waals surface area contributed by atoms with Gasteiger partial charge in [-0.15, -0.1) is 0 Å². The first-order chi connectivity index (χ1) is 9.67. The van der Waals surface area contributed by atoms with Gasteiger partial charge in [-0.3, -0.25) is 14.7 Å². The largest absolute Gasteiger partial charge is 0.356 e. The van der Waals surface area contributed by atoms with Gasteiger partial charge in [-0.1, -0.05) is 0 Å². The highest BCUT2D eigenvalue weighted by molar-refractivity contribution is 5.72. The van der Waals surface area contributed by atoms with E-state index in [1.807, 2.05) is 6.20 Å². The summed E-state index contributed by atoms with van der Waals surface area (Å²) >= 11 is 0. The Morgan fingerprint density at radius 1 is 1.50 bits per heavy atom. The first-order valence-electron chi connectivity index (χ1n) is 7.28. The summed E-state index contributed by atoms with van der Waals surface area (Å²) in [6.07, 6.45) is 4.13. The summed E-state index contributed by atoms with van der Waals surface area (Å²) in [6, 6.07) is 4.14. The van der Waals surface area contributed by atoms with E-state index in [-0.39, 0.29) is 5.91 Å². The fourth-order valence-electron chi connectivity index (χ4n) is 2.63. The molecule has 110 valence electrons. The Hall–Kier alpha value is -1.46. The van der Waals surface area contributed by atoms with Gasteiger partial charge < -0.3 is 11.1 Å². The van der Waals surface area contributed by atoms with Crippen molar-refractivity contribution < 1.29 is 4.79 Å². The molecule has 0 bridgehead atoms. The zero-order valence-electron chi connectivity index (χ0n) is 12.1. The van der Waals surface area contributed by atoms with E-state index in [4.69, 9.17) is 5.73 Å². The van der Waals surface area contributed by atoms with Crippen LogP contribution in [0.15, 0.2) is 18.3 Å². The van der Waals surface area contributed by atoms with Crippen LogP contribution in [0.25, 0.3) is 0 Å². The van der Waals surface area contributed by atoms with E-state index < -0.39 is 0 Å². The minimum Gasteiger partial charge on any atom is -0.356 e. The van der Waals surface area contributed by atoms with Gasteiger partial charge >= 0.3 is 0 Å². The number of rotatable bonds is 5. The molecular weight excluding hydrogens is 252 g/mol. The van der Waals surface area contributed by atoms with Crippen LogP contribution in [0.3, 0.4) is 0 Å². The molecule has 5 heteroatoms. The van der Waals surface area contributed by atoms with Gasteiger partial charge in [-0.2, -0.15) is 0 Å². The normalized spacial score (nSPS) is 17.1. The summed E-state index contributed by atoms with van der Waals surface area (Å²) in [5.41, 5.74) is 7.84. The van der Waals surface area contributed by atoms with Crippen LogP contribution in [0.1, 0.15) is 31.0 Å². The molecule has 0 aliphatic carbocycles. The fraction of sp³-hybridized carbons (Fsp3) is 0.600. The van der Waals surface area contributed by atoms with Crippen molar-refractivity contribution >= 4 is 5.91 Å². The number of likely N-dealkylation sites (tertiary alicyclic amines) is 1. The molecular formula is C15H24N4O. The summed E-state index contributed by atoms with van der Waals surface area (Å²) in [4.78, 5) is 17.6. The quantitative estimate of drug-likeness (QED) is 0.838. The van der Waals surface area contributed by atoms with Crippen molar-refractivity contribution in [3.8, 4) is 0 Å². The predicted octanol–water partition coefficient (Wildman–Crippen LogP) is 0.888. The highest BCUT2D eigenvalue weighted by Gasteiger charge is 2.19. The molecule has 0 radical (unpaired) electrons. The lowest BCUT2D eigenvalue weighted by Gasteiger charge is -2.32. The molecule has 1 saturated heterocycles. The van der Waals surface area contributed by atoms with E-state index in [1.165, 1.54) is 5.56 Å². The zero-order chi connectivity index (χ0) is 14.4. The smallest absolute Gasteiger partial charge is 0.216 e. The minimum absolute atomic E-state index is 0.0681. The number of nitrogens with one attached hydrogen (secondary N) is 1. The number of piperidine rings is 1. The lowest BCUT2D eigenvalue weighted by molar-refractivity contribution is -0.119. The van der Waals surface area contributed by atoms with Crippen LogP contribution < -0.4 is 11.1 Å². The van der Waals surface area contributed by atoms with E-state index in [2.05, 4.69) is 27.3 Å². The SMILES string of the molecule is CC(=O)NCC1CCN(Cc2ccnc(CN)c2)CC1. The summed E-state index contributed by atoms with van der Waals surface area (Å²) in [5.74, 6) is 0.686. The molecule has 0 spiro atoms. The maximum atomic E-state index is 10.9. The minimum atomic E-state index is 0.0681. The van der Waals surface area contributed by atoms with E-state index in [1.54, 1.807) is 6.92 Å². The number of aromatic nitrogens is 1. The van der Waals surface area contributed by atoms with Crippen LogP contribution in [-0.2, 0) is 17.9 Å². The number of hydrogen-bond acceptors (Lipinski definition) is 4. The van der Waals surface area contributed by atoms with E-state index >= 15 is 0 Å². The lowest BCUT2D eigenvalue weighted by Crippen LogP contribution is -2.37. The van der Waals surface area contributed by atoms with Crippen molar-refractivity contribution in [2.24, 2.45) is 11.7 Å². The van der Waals surface area contributed by atoms with Crippen molar-refractivity contribution in [2.45, 2.75) is 32.9 Å². The lowest BCUT2D eigenvalue weighted by atomic mass is 9.96. The number of hydrogen-bond donors (Lipinski definition) is 2. The molecule has 2 rings (SSSR count). The average molecular weight is 276 g/mol. The second-order valence-corrected chi connectivity index (χ2v) is 5.52. The second kappa shape index (κ2) is 7.36. The second-order valence-electron chi connectivity index (χ2n) is 5.52. The molecule has 1 aromatic heterocycles. The molecule has 1 aliphatic heterocycles. The van der Waals surface area contributed by atoms with E-state index in [0.717, 1.165) is 44.7 Å². The van der Waals surface area contributed by atoms with Gasteiger partial charge in [0.1, 0.15) is 0 Å². The monoisotopic (exact) mass is 276 g/mol. The van der Waals surface area contributed by atoms with Gasteiger partial charge in [-0.25, -0.2) is 0 Å². The molecule has 3 N–H and O–H groups in total. The number of carbonyl (C=O) groups is 1. The van der Waals surface area contributed by atoms with Crippen LogP contribution >= 0.6 is 0 Å². The van der Waals surface area contributed by atoms with Gasteiger partial charge in [0, 0.05) is 32.8 Å². The third-order valence-corrected chi connectivity index (χ3v) is 3.84. The van der Waals surface area contributed by atoms with Gasteiger partial charge in [-0.05, 0) is 49.5 Å². The molecule has 5 nitrogen and oxygen atoms in total. The van der Waals surface area contributed by atoms with Crippen LogP contribution in [0.2, 0.25) is 0 Å². The molecule has 1 aliphatic rings. The Morgan fingerprint density at radius 3 is 2.90 bits per heavy atom. The molecule has 0 atom stereocenters. The van der Waals surface area contributed by atoms with Crippen LogP contribution in [0.5, 0.6) is 0 Å². The molecule has 2 heterocycles. The molecule has 1 amide bonds. The Balaban J connectivity index is 1.77. The van der Waals surface area contributed by atoms with Crippen molar-refractivity contribution in [1.29, 1.82) is 0 Å². The fourth-order valence-corrected chi connectivity index (χ4v) is 2.63. The van der Waals surface area contributed by atoms with Gasteiger partial charge in [0.05, 0.1) is 5.69 Å². The summed E-state index contributed by atoms with van der Waals surface area (Å²) < 4.78 is 0. The molecule has 20 heavy (non-hydrogen) atoms. The number of carbonyl (C=O) groups excluding carboxylic acids is 1. The van der Waals surface area contributed by atoms with Gasteiger partial charge in [0.2, 0.25) is 5.91 Å². The van der Waals surface area contributed by atoms with Crippen molar-refractivity contribution in [1.82, 2.24) is 15.2 Å². The van der Waals surface area contributed by atoms with Crippen LogP contribution in [0.4, 0.5) is 0 Å². The van der Waals surface area contributed by atoms with E-state index in [9.17, 15) is 4.79 Å². The Kier molecular flexibility index (Phi) is 5.49. The number of nitrogens with two attached hydrogens (primary N) is 1. The summed E-state index contributed by atoms with van der Waals surface area (Å²) in [5, 5.41) is 2.92. The summed E-state index contributed by atoms with van der Waals surface area (Å²) in [7, 11) is 0. The molecule has 0 unspecified atom stereocenters. The maximum Gasteiger partial charge on any atom is 0.216 e. The third-order valence-electron chi connectivity index (χ3n) is 3.84. The Labute approximate surface area is 120 Å². The van der Waals surface area contributed by atoms with Gasteiger partial charge in [0.25, 0.3) is 0 Å². The molecule has 1 fully saturated rings. The highest BCUT2D eigenvalue weighted by Crippen LogP contribution is 2.18. The average Bonchev–Trinajstić information content (AvgIpc) is 2.47. The van der Waals surface area contributed by atoms with Crippen molar-refractivity contribution in [3.63, 3.8) is 0 Å². The summed E-state index contributed by atoms with van der Waals surface area (Å²) in [6.45, 7) is 6.02. The number of nitrogens with zero attached hydrogens (tertiary/aromatic N) is 2. The van der Waals surface area contributed by atoms with Crippen molar-refractivity contribution in [2.75, 3.05) is 19.6 Å². The van der Waals surface area contributed by atoms with Crippen LogP contribution in [0, 0.1) is 5.92 Å². The molecule has 0 aromatic carbocycles. The zero-order valence-corrected chi connectivity index (χ0v) is 12.1. The Bertz CT molecular complexity index is 441. The molecule has 0 saturated carbocycles.